The second-order valence-electron chi connectivity index (χ2n) is 14.1. The predicted molar refractivity (Wildman–Crippen MR) is 240 cm³/mol. The summed E-state index contributed by atoms with van der Waals surface area (Å²) in [5, 5.41) is 59.3. The van der Waals surface area contributed by atoms with Crippen molar-refractivity contribution in [2.45, 2.75) is 34.3 Å². The molecule has 2 aromatic heterocycles. The van der Waals surface area contributed by atoms with Crippen LogP contribution in [0.4, 0.5) is 22.7 Å². The van der Waals surface area contributed by atoms with E-state index in [0.29, 0.717) is 12.0 Å². The van der Waals surface area contributed by atoms with E-state index in [0.717, 1.165) is 15.4 Å². The van der Waals surface area contributed by atoms with E-state index in [1.165, 1.54) is 92.7 Å². The van der Waals surface area contributed by atoms with E-state index in [4.69, 9.17) is 14.4 Å². The van der Waals surface area contributed by atoms with Crippen LogP contribution in [-0.2, 0) is 74.1 Å². The van der Waals surface area contributed by atoms with E-state index in [1.807, 2.05) is 0 Å². The van der Waals surface area contributed by atoms with Gasteiger partial charge in [0.15, 0.2) is 37.0 Å². The minimum Gasteiger partial charge on any atom is -0.492 e. The van der Waals surface area contributed by atoms with Gasteiger partial charge in [-0.2, -0.15) is 55.0 Å². The molecule has 0 aliphatic heterocycles. The van der Waals surface area contributed by atoms with Crippen LogP contribution in [0.15, 0.2) is 120 Å². The Morgan fingerprint density at radius 1 is 0.629 bits per heavy atom. The van der Waals surface area contributed by atoms with Gasteiger partial charge < -0.3 is 10.2 Å². The smallest absolute Gasteiger partial charge is 0.398 e. The van der Waals surface area contributed by atoms with Crippen LogP contribution in [0.25, 0.3) is 22.5 Å². The van der Waals surface area contributed by atoms with Gasteiger partial charge in [0.2, 0.25) is 11.8 Å². The maximum atomic E-state index is 12.8. The van der Waals surface area contributed by atoms with Crippen molar-refractivity contribution in [1.29, 1.82) is 0 Å². The van der Waals surface area contributed by atoms with Gasteiger partial charge in [0.25, 0.3) is 10.1 Å². The first-order valence-electron chi connectivity index (χ1n) is 18.8. The number of benzene rings is 4. The van der Waals surface area contributed by atoms with Gasteiger partial charge in [-0.05, 0) is 85.6 Å². The summed E-state index contributed by atoms with van der Waals surface area (Å²) in [5.74, 6) is -3.79. The largest absolute Gasteiger partial charge is 0.492 e. The van der Waals surface area contributed by atoms with Crippen LogP contribution in [-0.4, -0.2) is 109 Å². The number of aromatic hydroxyl groups is 2. The molecule has 0 aliphatic carbocycles. The summed E-state index contributed by atoms with van der Waals surface area (Å²) in [6.45, 7) is 2.11. The highest BCUT2D eigenvalue weighted by molar-refractivity contribution is 7.94. The van der Waals surface area contributed by atoms with Crippen LogP contribution in [0.3, 0.4) is 0 Å². The fraction of sp³-hybridized carbons (Fsp3) is 0.167. The average Bonchev–Trinajstić information content (AvgIpc) is 3.73. The van der Waals surface area contributed by atoms with Gasteiger partial charge in [-0.1, -0.05) is 29.3 Å². The fourth-order valence-corrected chi connectivity index (χ4v) is 10.7. The number of hydrogen-bond acceptors (Lipinski definition) is 24. The number of azo groups is 2. The van der Waals surface area contributed by atoms with Gasteiger partial charge in [-0.25, -0.2) is 30.5 Å². The van der Waals surface area contributed by atoms with Crippen molar-refractivity contribution in [3.05, 3.63) is 102 Å². The molecule has 0 atom stereocenters. The normalized spacial score (nSPS) is 12.9. The third kappa shape index (κ3) is 13.6. The third-order valence-electron chi connectivity index (χ3n) is 9.16. The van der Waals surface area contributed by atoms with Crippen LogP contribution < -0.4 is 0 Å². The summed E-state index contributed by atoms with van der Waals surface area (Å²) in [5.41, 5.74) is 0.482. The maximum absolute atomic E-state index is 12.8. The number of sulfone groups is 2. The molecule has 70 heavy (non-hydrogen) atoms. The molecule has 34 heteroatoms. The van der Waals surface area contributed by atoms with Crippen LogP contribution >= 0.6 is 12.0 Å². The molecule has 0 saturated heterocycles. The zero-order chi connectivity index (χ0) is 51.4. The van der Waals surface area contributed by atoms with Crippen LogP contribution in [0.1, 0.15) is 17.0 Å². The molecule has 0 radical (unpaired) electrons. The third-order valence-corrected chi connectivity index (χ3v) is 14.7. The first-order chi connectivity index (χ1) is 32.6. The van der Waals surface area contributed by atoms with Crippen LogP contribution in [0, 0.1) is 13.8 Å². The highest BCUT2D eigenvalue weighted by Crippen LogP contribution is 2.41. The van der Waals surface area contributed by atoms with E-state index in [1.54, 1.807) is 0 Å². The molecule has 2 heterocycles. The molecular weight excluding hydrogens is 1060 g/mol. The highest BCUT2D eigenvalue weighted by Gasteiger charge is 2.24. The summed E-state index contributed by atoms with van der Waals surface area (Å²) in [7, 11) is -23.1. The van der Waals surface area contributed by atoms with Gasteiger partial charge in [-0.3, -0.25) is 13.7 Å². The van der Waals surface area contributed by atoms with Crippen LogP contribution in [0.2, 0.25) is 0 Å². The standard InChI is InChI=1S/C36H34N8O20S6/c1-21-33(36(46)44(42-21)27-9-11-28(12-10-27)67(50,51)16-15-61-69(55,56)57)39-37-24-5-13-29(31(17-24)65-64-63-47)30-14-6-25(18-32(30)68(52,53)54)38-40-34-22(2)41-43(35(34)45)26-7-3-23(4-8-26)19-66(48,49)20-62-70(58,59)60/h3-14,17-18,45-47H,15-16,19-20H2,1-2H3,(H,52,53,54)(H,55,56,57)(H,58,59,60)/b39-37+,40-38+. The van der Waals surface area contributed by atoms with E-state index in [9.17, 15) is 56.9 Å². The topological polar surface area (TPSA) is 414 Å². The molecule has 0 fully saturated rings. The fourth-order valence-electron chi connectivity index (χ4n) is 6.07. The van der Waals surface area contributed by atoms with Gasteiger partial charge in [-0.15, -0.1) is 14.6 Å². The zero-order valence-electron chi connectivity index (χ0n) is 35.3. The van der Waals surface area contributed by atoms with Gasteiger partial charge in [0, 0.05) is 10.5 Å². The summed E-state index contributed by atoms with van der Waals surface area (Å²) in [6.07, 6.45) is 0. The Hall–Kier alpha value is -6.12. The lowest BCUT2D eigenvalue weighted by molar-refractivity contribution is -0.432. The Balaban J connectivity index is 1.23. The second kappa shape index (κ2) is 21.1. The highest BCUT2D eigenvalue weighted by atomic mass is 32.3. The lowest BCUT2D eigenvalue weighted by Crippen LogP contribution is -2.15. The van der Waals surface area contributed by atoms with Gasteiger partial charge in [0.1, 0.15) is 4.90 Å². The van der Waals surface area contributed by atoms with E-state index < -0.39 is 91.3 Å². The van der Waals surface area contributed by atoms with Crippen molar-refractivity contribution in [3.63, 3.8) is 0 Å². The molecule has 0 aliphatic rings. The van der Waals surface area contributed by atoms with Gasteiger partial charge >= 0.3 is 20.8 Å². The van der Waals surface area contributed by atoms with Crippen molar-refractivity contribution in [3.8, 4) is 34.3 Å². The Labute approximate surface area is 401 Å². The summed E-state index contributed by atoms with van der Waals surface area (Å²) < 4.78 is 161. The van der Waals surface area contributed by atoms with Crippen molar-refractivity contribution >= 4 is 85.4 Å². The SMILES string of the molecule is Cc1nn(-c2ccc(S(=O)(=O)CCOS(=O)(=O)O)cc2)c(O)c1/N=N/c1ccc(-c2ccc(/N=N/c3c(C)nn(-c4ccc(CS(=O)(=O)COS(=O)(=O)O)cc4)c3O)cc2S(=O)(=O)O)c(SOOO)c1. The number of rotatable bonds is 21. The van der Waals surface area contributed by atoms with Gasteiger partial charge in [0.05, 0.1) is 69.2 Å². The molecule has 0 saturated carbocycles. The van der Waals surface area contributed by atoms with E-state index in [2.05, 4.69) is 48.4 Å². The van der Waals surface area contributed by atoms with Crippen molar-refractivity contribution in [2.75, 3.05) is 18.3 Å². The Kier molecular flexibility index (Phi) is 16.0. The predicted octanol–water partition coefficient (Wildman–Crippen LogP) is 5.54. The maximum Gasteiger partial charge on any atom is 0.398 e. The molecule has 6 N–H and O–H groups in total. The molecule has 0 spiro atoms. The molecule has 6 aromatic rings. The summed E-state index contributed by atoms with van der Waals surface area (Å²) >= 11 is 0.391. The minimum absolute atomic E-state index is 0.0368. The molecular formula is C36H34N8O20S6. The van der Waals surface area contributed by atoms with E-state index in [-0.39, 0.29) is 72.0 Å². The molecule has 0 bridgehead atoms. The number of aryl methyl sites for hydroxylation is 2. The van der Waals surface area contributed by atoms with E-state index >= 15 is 0 Å². The average molecular weight is 1090 g/mol. The number of hydrogen-bond donors (Lipinski definition) is 6. The molecule has 6 rings (SSSR count). The monoisotopic (exact) mass is 1090 g/mol. The Morgan fingerprint density at radius 3 is 1.63 bits per heavy atom. The molecule has 28 nitrogen and oxygen atoms in total. The molecule has 4 aromatic carbocycles. The molecule has 0 unspecified atom stereocenters. The summed E-state index contributed by atoms with van der Waals surface area (Å²) in [6, 6.07) is 17.9. The minimum atomic E-state index is -5.03. The van der Waals surface area contributed by atoms with Crippen molar-refractivity contribution in [2.24, 2.45) is 20.5 Å². The van der Waals surface area contributed by atoms with Crippen molar-refractivity contribution in [1.82, 2.24) is 19.6 Å². The number of nitrogens with zero attached hydrogens (tertiary/aromatic N) is 8. The molecule has 374 valence electrons. The lowest BCUT2D eigenvalue weighted by Gasteiger charge is -2.12. The lowest BCUT2D eigenvalue weighted by atomic mass is 10.0. The van der Waals surface area contributed by atoms with Crippen LogP contribution in [0.5, 0.6) is 11.8 Å². The number of aromatic nitrogens is 4. The van der Waals surface area contributed by atoms with Crippen molar-refractivity contribution < 1.29 is 89.0 Å². The Bertz CT molecular complexity index is 3590. The first kappa shape index (κ1) is 53.2. The summed E-state index contributed by atoms with van der Waals surface area (Å²) in [4.78, 5) is -0.875. The first-order valence-corrected chi connectivity index (χ1v) is 27.2. The quantitative estimate of drug-likeness (QED) is 0.0169. The Morgan fingerprint density at radius 2 is 1.13 bits per heavy atom. The molecule has 0 amide bonds. The second-order valence-corrected chi connectivity index (χ2v) is 22.5. The zero-order valence-corrected chi connectivity index (χ0v) is 40.2.